The zero-order chi connectivity index (χ0) is 24.0. The van der Waals surface area contributed by atoms with Gasteiger partial charge in [-0.15, -0.1) is 0 Å². The van der Waals surface area contributed by atoms with Gasteiger partial charge in [-0.25, -0.2) is 4.79 Å². The molecule has 3 rings (SSSR count). The molecule has 1 saturated heterocycles. The van der Waals surface area contributed by atoms with Crippen LogP contribution < -0.4 is 10.1 Å². The molecule has 0 radical (unpaired) electrons. The highest BCUT2D eigenvalue weighted by atomic mass is 79.9. The second kappa shape index (κ2) is 11.2. The Labute approximate surface area is 203 Å². The van der Waals surface area contributed by atoms with E-state index in [1.54, 1.807) is 43.3 Å². The molecule has 1 aliphatic heterocycles. The van der Waals surface area contributed by atoms with Crippen molar-refractivity contribution in [1.82, 2.24) is 4.90 Å². The zero-order valence-electron chi connectivity index (χ0n) is 17.9. The van der Waals surface area contributed by atoms with Crippen molar-refractivity contribution in [3.05, 3.63) is 63.5 Å². The summed E-state index contributed by atoms with van der Waals surface area (Å²) < 4.78 is 11.0. The second-order valence-corrected chi connectivity index (χ2v) is 8.72. The fourth-order valence-corrected chi connectivity index (χ4v) is 4.34. The maximum atomic E-state index is 12.7. The van der Waals surface area contributed by atoms with Crippen LogP contribution in [-0.2, 0) is 19.1 Å². The maximum absolute atomic E-state index is 12.7. The number of carbonyl (C=O) groups excluding carboxylic acids is 4. The van der Waals surface area contributed by atoms with Crippen molar-refractivity contribution in [3.8, 4) is 5.75 Å². The van der Waals surface area contributed by atoms with E-state index >= 15 is 0 Å². The van der Waals surface area contributed by atoms with Gasteiger partial charge in [0.1, 0.15) is 11.8 Å². The summed E-state index contributed by atoms with van der Waals surface area (Å²) in [5, 5.41) is 2.20. The smallest absolute Gasteiger partial charge is 0.329 e. The number of nitrogens with zero attached hydrogens (tertiary/aromatic N) is 1. The van der Waals surface area contributed by atoms with E-state index < -0.39 is 23.2 Å². The van der Waals surface area contributed by atoms with Gasteiger partial charge in [-0.2, -0.15) is 0 Å². The molecule has 1 aliphatic rings. The minimum absolute atomic E-state index is 0.158. The van der Waals surface area contributed by atoms with Gasteiger partial charge in [-0.05, 0) is 77.4 Å². The van der Waals surface area contributed by atoms with Crippen molar-refractivity contribution in [2.24, 2.45) is 0 Å². The summed E-state index contributed by atoms with van der Waals surface area (Å²) in [7, 11) is 0. The van der Waals surface area contributed by atoms with Crippen LogP contribution >= 0.6 is 27.7 Å². The van der Waals surface area contributed by atoms with Crippen LogP contribution in [0.25, 0.3) is 6.08 Å². The van der Waals surface area contributed by atoms with Crippen LogP contribution in [0, 0.1) is 0 Å². The van der Waals surface area contributed by atoms with Gasteiger partial charge in [-0.3, -0.25) is 19.3 Å². The molecular weight excluding hydrogens is 512 g/mol. The fourth-order valence-electron chi connectivity index (χ4n) is 2.92. The molecule has 0 aromatic heterocycles. The number of ether oxygens (including phenoxy) is 2. The Morgan fingerprint density at radius 2 is 1.91 bits per heavy atom. The molecule has 1 fully saturated rings. The number of nitrogens with one attached hydrogen (secondary N) is 1. The SMILES string of the molecule is CCOC(=O)C(C)N1C(=O)S/C(=C\c2ccc(OCC(=O)Nc3ccccc3)c(Br)c2)C1=O. The Kier molecular flexibility index (Phi) is 8.29. The number of para-hydroxylation sites is 1. The average molecular weight is 533 g/mol. The van der Waals surface area contributed by atoms with Crippen molar-refractivity contribution >= 4 is 62.5 Å². The molecule has 8 nitrogen and oxygen atoms in total. The quantitative estimate of drug-likeness (QED) is 0.395. The molecule has 1 N–H and O–H groups in total. The highest BCUT2D eigenvalue weighted by Crippen LogP contribution is 2.35. The summed E-state index contributed by atoms with van der Waals surface area (Å²) in [6.07, 6.45) is 1.55. The largest absolute Gasteiger partial charge is 0.483 e. The van der Waals surface area contributed by atoms with E-state index in [1.807, 2.05) is 18.2 Å². The van der Waals surface area contributed by atoms with Crippen LogP contribution in [-0.4, -0.2) is 47.2 Å². The van der Waals surface area contributed by atoms with Crippen molar-refractivity contribution in [2.75, 3.05) is 18.5 Å². The lowest BCUT2D eigenvalue weighted by Crippen LogP contribution is -2.42. The molecule has 0 bridgehead atoms. The average Bonchev–Trinajstić information content (AvgIpc) is 3.06. The van der Waals surface area contributed by atoms with E-state index in [-0.39, 0.29) is 24.0 Å². The van der Waals surface area contributed by atoms with Crippen LogP contribution in [0.1, 0.15) is 19.4 Å². The maximum Gasteiger partial charge on any atom is 0.329 e. The minimum atomic E-state index is -1.01. The first-order valence-corrected chi connectivity index (χ1v) is 11.6. The number of hydrogen-bond acceptors (Lipinski definition) is 7. The Hall–Kier alpha value is -3.11. The molecule has 33 heavy (non-hydrogen) atoms. The third-order valence-electron chi connectivity index (χ3n) is 4.51. The van der Waals surface area contributed by atoms with Gasteiger partial charge in [0.2, 0.25) is 0 Å². The molecule has 1 heterocycles. The first kappa shape index (κ1) is 24.5. The summed E-state index contributed by atoms with van der Waals surface area (Å²) in [6.45, 7) is 3.08. The van der Waals surface area contributed by atoms with E-state index in [0.717, 1.165) is 16.7 Å². The summed E-state index contributed by atoms with van der Waals surface area (Å²) in [5.74, 6) is -1.05. The van der Waals surface area contributed by atoms with E-state index in [1.165, 1.54) is 6.92 Å². The monoisotopic (exact) mass is 532 g/mol. The summed E-state index contributed by atoms with van der Waals surface area (Å²) >= 11 is 4.15. The molecule has 0 spiro atoms. The van der Waals surface area contributed by atoms with Gasteiger partial charge >= 0.3 is 5.97 Å². The summed E-state index contributed by atoms with van der Waals surface area (Å²) in [4.78, 5) is 50.1. The van der Waals surface area contributed by atoms with Gasteiger partial charge in [0.15, 0.2) is 6.61 Å². The van der Waals surface area contributed by atoms with E-state index in [2.05, 4.69) is 21.2 Å². The van der Waals surface area contributed by atoms with Crippen molar-refractivity contribution in [3.63, 3.8) is 0 Å². The van der Waals surface area contributed by atoms with Gasteiger partial charge in [0.05, 0.1) is 16.0 Å². The number of carbonyl (C=O) groups is 4. The van der Waals surface area contributed by atoms with Crippen molar-refractivity contribution in [2.45, 2.75) is 19.9 Å². The van der Waals surface area contributed by atoms with Crippen LogP contribution in [0.3, 0.4) is 0 Å². The molecule has 172 valence electrons. The summed E-state index contributed by atoms with van der Waals surface area (Å²) in [6, 6.07) is 13.1. The number of hydrogen-bond donors (Lipinski definition) is 1. The second-order valence-electron chi connectivity index (χ2n) is 6.87. The number of rotatable bonds is 8. The third kappa shape index (κ3) is 6.23. The van der Waals surface area contributed by atoms with E-state index in [0.29, 0.717) is 21.5 Å². The van der Waals surface area contributed by atoms with Crippen LogP contribution in [0.2, 0.25) is 0 Å². The number of thioether (sulfide) groups is 1. The van der Waals surface area contributed by atoms with Crippen LogP contribution in [0.5, 0.6) is 5.75 Å². The molecule has 0 saturated carbocycles. The number of benzene rings is 2. The van der Waals surface area contributed by atoms with Gasteiger partial charge in [0, 0.05) is 5.69 Å². The standard InChI is InChI=1S/C23H21BrN2O6S/c1-3-31-22(29)14(2)26-21(28)19(33-23(26)30)12-15-9-10-18(17(24)11-15)32-13-20(27)25-16-7-5-4-6-8-16/h4-12,14H,3,13H2,1-2H3,(H,25,27)/b19-12-. The molecule has 1 atom stereocenters. The minimum Gasteiger partial charge on any atom is -0.483 e. The molecule has 2 aromatic rings. The number of halogens is 1. The van der Waals surface area contributed by atoms with E-state index in [4.69, 9.17) is 9.47 Å². The topological polar surface area (TPSA) is 102 Å². The lowest BCUT2D eigenvalue weighted by molar-refractivity contribution is -0.150. The molecule has 2 aromatic carbocycles. The Morgan fingerprint density at radius 3 is 2.58 bits per heavy atom. The molecular formula is C23H21BrN2O6S. The van der Waals surface area contributed by atoms with Gasteiger partial charge in [0.25, 0.3) is 17.1 Å². The predicted octanol–water partition coefficient (Wildman–Crippen LogP) is 4.45. The van der Waals surface area contributed by atoms with Gasteiger partial charge in [-0.1, -0.05) is 24.3 Å². The lowest BCUT2D eigenvalue weighted by Gasteiger charge is -2.19. The first-order chi connectivity index (χ1) is 15.8. The molecule has 3 amide bonds. The van der Waals surface area contributed by atoms with Crippen molar-refractivity contribution < 1.29 is 28.7 Å². The fraction of sp³-hybridized carbons (Fsp3) is 0.217. The normalized spacial score (nSPS) is 15.5. The first-order valence-electron chi connectivity index (χ1n) is 10.0. The van der Waals surface area contributed by atoms with E-state index in [9.17, 15) is 19.2 Å². The lowest BCUT2D eigenvalue weighted by atomic mass is 10.2. The number of anilines is 1. The van der Waals surface area contributed by atoms with Crippen LogP contribution in [0.4, 0.5) is 10.5 Å². The Balaban J connectivity index is 1.64. The Morgan fingerprint density at radius 1 is 1.18 bits per heavy atom. The summed E-state index contributed by atoms with van der Waals surface area (Å²) in [5.41, 5.74) is 1.31. The zero-order valence-corrected chi connectivity index (χ0v) is 20.3. The Bertz CT molecular complexity index is 1110. The molecule has 10 heteroatoms. The van der Waals surface area contributed by atoms with Crippen molar-refractivity contribution in [1.29, 1.82) is 0 Å². The molecule has 0 aliphatic carbocycles. The van der Waals surface area contributed by atoms with Crippen LogP contribution in [0.15, 0.2) is 57.9 Å². The molecule has 1 unspecified atom stereocenters. The third-order valence-corrected chi connectivity index (χ3v) is 6.01. The predicted molar refractivity (Wildman–Crippen MR) is 129 cm³/mol. The highest BCUT2D eigenvalue weighted by Gasteiger charge is 2.41. The number of imide groups is 1. The van der Waals surface area contributed by atoms with Gasteiger partial charge < -0.3 is 14.8 Å². The number of amides is 3. The number of esters is 1. The highest BCUT2D eigenvalue weighted by molar-refractivity contribution is 9.10.